The zero-order valence-corrected chi connectivity index (χ0v) is 19.3. The van der Waals surface area contributed by atoms with Gasteiger partial charge in [0.15, 0.2) is 5.96 Å². The van der Waals surface area contributed by atoms with Gasteiger partial charge in [0.25, 0.3) is 0 Å². The Labute approximate surface area is 189 Å². The first kappa shape index (κ1) is 23.0. The van der Waals surface area contributed by atoms with Crippen molar-refractivity contribution in [1.29, 1.82) is 0 Å². The number of halogens is 1. The molecule has 2 aromatic carbocycles. The van der Waals surface area contributed by atoms with Gasteiger partial charge in [0, 0.05) is 38.8 Å². The molecule has 2 N–H and O–H groups in total. The molecule has 0 bridgehead atoms. The maximum Gasteiger partial charge on any atom is 0.227 e. The van der Waals surface area contributed by atoms with E-state index in [-0.39, 0.29) is 29.9 Å². The summed E-state index contributed by atoms with van der Waals surface area (Å²) in [5.74, 6) is 1.75. The third-order valence-electron chi connectivity index (χ3n) is 4.87. The van der Waals surface area contributed by atoms with Crippen LogP contribution in [0.1, 0.15) is 24.0 Å². The lowest BCUT2D eigenvalue weighted by molar-refractivity contribution is -0.118. The molecular weight excluding hydrogens is 479 g/mol. The summed E-state index contributed by atoms with van der Waals surface area (Å²) in [6.45, 7) is 2.13. The molecule has 1 aliphatic rings. The molecular formula is C22H29IN4O2. The number of para-hydroxylation sites is 1. The predicted octanol–water partition coefficient (Wildman–Crippen LogP) is 3.35. The van der Waals surface area contributed by atoms with Gasteiger partial charge in [0.2, 0.25) is 5.91 Å². The van der Waals surface area contributed by atoms with Gasteiger partial charge in [0.1, 0.15) is 5.75 Å². The number of hydrogen-bond donors (Lipinski definition) is 2. The van der Waals surface area contributed by atoms with Gasteiger partial charge in [-0.25, -0.2) is 0 Å². The quantitative estimate of drug-likeness (QED) is 0.261. The highest BCUT2D eigenvalue weighted by molar-refractivity contribution is 14.0. The smallest absolute Gasteiger partial charge is 0.227 e. The van der Waals surface area contributed by atoms with Crippen LogP contribution in [0.3, 0.4) is 0 Å². The van der Waals surface area contributed by atoms with E-state index in [1.165, 1.54) is 5.56 Å². The Hall–Kier alpha value is -2.29. The number of benzene rings is 2. The van der Waals surface area contributed by atoms with Crippen molar-refractivity contribution in [3.8, 4) is 5.75 Å². The van der Waals surface area contributed by atoms with Crippen molar-refractivity contribution in [1.82, 2.24) is 10.6 Å². The summed E-state index contributed by atoms with van der Waals surface area (Å²) < 4.78 is 5.24. The lowest BCUT2D eigenvalue weighted by atomic mass is 10.2. The summed E-state index contributed by atoms with van der Waals surface area (Å²) in [6, 6.07) is 16.1. The lowest BCUT2D eigenvalue weighted by Gasteiger charge is -2.17. The summed E-state index contributed by atoms with van der Waals surface area (Å²) >= 11 is 0. The van der Waals surface area contributed by atoms with E-state index >= 15 is 0 Å². The first-order valence-electron chi connectivity index (χ1n) is 9.67. The highest BCUT2D eigenvalue weighted by Crippen LogP contribution is 2.27. The van der Waals surface area contributed by atoms with E-state index in [0.29, 0.717) is 19.5 Å². The molecule has 1 aliphatic heterocycles. The number of anilines is 1. The number of rotatable bonds is 7. The van der Waals surface area contributed by atoms with E-state index < -0.39 is 0 Å². The molecule has 2 aromatic rings. The molecule has 0 aliphatic carbocycles. The molecule has 0 spiro atoms. The third kappa shape index (κ3) is 6.35. The first-order valence-corrected chi connectivity index (χ1v) is 9.67. The molecule has 0 unspecified atom stereocenters. The number of methoxy groups -OCH3 is 1. The second-order valence-corrected chi connectivity index (χ2v) is 6.73. The number of ether oxygens (including phenoxy) is 1. The third-order valence-corrected chi connectivity index (χ3v) is 4.87. The molecule has 0 atom stereocenters. The van der Waals surface area contributed by atoms with Crippen molar-refractivity contribution < 1.29 is 9.53 Å². The number of hydrogen-bond acceptors (Lipinski definition) is 3. The monoisotopic (exact) mass is 508 g/mol. The zero-order valence-electron chi connectivity index (χ0n) is 17.0. The van der Waals surface area contributed by atoms with Crippen molar-refractivity contribution in [2.45, 2.75) is 25.8 Å². The lowest BCUT2D eigenvalue weighted by Crippen LogP contribution is -2.37. The fourth-order valence-corrected chi connectivity index (χ4v) is 3.37. The molecule has 156 valence electrons. The first-order chi connectivity index (χ1) is 13.7. The van der Waals surface area contributed by atoms with Crippen LogP contribution in [0, 0.1) is 0 Å². The molecule has 7 heteroatoms. The molecule has 0 radical (unpaired) electrons. The van der Waals surface area contributed by atoms with E-state index in [1.807, 2.05) is 47.4 Å². The minimum Gasteiger partial charge on any atom is -0.497 e. The maximum absolute atomic E-state index is 12.5. The molecule has 6 nitrogen and oxygen atoms in total. The highest BCUT2D eigenvalue weighted by atomic mass is 127. The summed E-state index contributed by atoms with van der Waals surface area (Å²) in [5.41, 5.74) is 3.44. The molecule has 0 saturated carbocycles. The minimum absolute atomic E-state index is 0. The number of amides is 1. The topological polar surface area (TPSA) is 66.0 Å². The summed E-state index contributed by atoms with van der Waals surface area (Å²) in [5, 5.41) is 6.55. The zero-order chi connectivity index (χ0) is 19.8. The van der Waals surface area contributed by atoms with Gasteiger partial charge < -0.3 is 20.3 Å². The van der Waals surface area contributed by atoms with Gasteiger partial charge in [0.05, 0.1) is 7.11 Å². The van der Waals surface area contributed by atoms with E-state index in [0.717, 1.165) is 42.3 Å². The second kappa shape index (κ2) is 11.6. The van der Waals surface area contributed by atoms with Crippen LogP contribution in [0.4, 0.5) is 5.69 Å². The fourth-order valence-electron chi connectivity index (χ4n) is 3.37. The SMILES string of the molecule is CN=C(NCCCC(=O)N1CCc2ccccc21)NCc1cccc(OC)c1.I. The van der Waals surface area contributed by atoms with Crippen molar-refractivity contribution in [3.63, 3.8) is 0 Å². The van der Waals surface area contributed by atoms with Crippen LogP contribution in [-0.4, -0.2) is 39.1 Å². The largest absolute Gasteiger partial charge is 0.497 e. The Bertz CT molecular complexity index is 841. The second-order valence-electron chi connectivity index (χ2n) is 6.73. The molecule has 0 aromatic heterocycles. The number of fused-ring (bicyclic) bond motifs is 1. The van der Waals surface area contributed by atoms with E-state index in [9.17, 15) is 4.79 Å². The molecule has 0 fully saturated rings. The summed E-state index contributed by atoms with van der Waals surface area (Å²) in [4.78, 5) is 18.7. The van der Waals surface area contributed by atoms with E-state index in [1.54, 1.807) is 14.2 Å². The number of nitrogens with one attached hydrogen (secondary N) is 2. The Morgan fingerprint density at radius 3 is 2.79 bits per heavy atom. The molecule has 29 heavy (non-hydrogen) atoms. The predicted molar refractivity (Wildman–Crippen MR) is 128 cm³/mol. The van der Waals surface area contributed by atoms with E-state index in [4.69, 9.17) is 4.74 Å². The Kier molecular flexibility index (Phi) is 9.24. The summed E-state index contributed by atoms with van der Waals surface area (Å²) in [6.07, 6.45) is 2.23. The average Bonchev–Trinajstić information content (AvgIpc) is 3.17. The normalized spacial score (nSPS) is 12.8. The van der Waals surface area contributed by atoms with Gasteiger partial charge in [-0.3, -0.25) is 9.79 Å². The Morgan fingerprint density at radius 1 is 1.17 bits per heavy atom. The van der Waals surface area contributed by atoms with Gasteiger partial charge in [-0.15, -0.1) is 24.0 Å². The van der Waals surface area contributed by atoms with Gasteiger partial charge in [-0.1, -0.05) is 30.3 Å². The van der Waals surface area contributed by atoms with Gasteiger partial charge in [-0.2, -0.15) is 0 Å². The highest BCUT2D eigenvalue weighted by Gasteiger charge is 2.23. The number of carbonyl (C=O) groups excluding carboxylic acids is 1. The molecule has 1 amide bonds. The van der Waals surface area contributed by atoms with Crippen molar-refractivity contribution >= 4 is 41.5 Å². The van der Waals surface area contributed by atoms with Crippen molar-refractivity contribution in [2.24, 2.45) is 4.99 Å². The number of carbonyl (C=O) groups is 1. The van der Waals surface area contributed by atoms with Crippen LogP contribution in [0.2, 0.25) is 0 Å². The van der Waals surface area contributed by atoms with E-state index in [2.05, 4.69) is 21.7 Å². The van der Waals surface area contributed by atoms with Crippen LogP contribution < -0.4 is 20.3 Å². The Balaban J connectivity index is 0.00000300. The van der Waals surface area contributed by atoms with Crippen LogP contribution in [0.25, 0.3) is 0 Å². The number of nitrogens with zero attached hydrogens (tertiary/aromatic N) is 2. The number of guanidine groups is 1. The maximum atomic E-state index is 12.5. The van der Waals surface area contributed by atoms with Crippen LogP contribution in [0.15, 0.2) is 53.5 Å². The van der Waals surface area contributed by atoms with Crippen molar-refractivity contribution in [2.75, 3.05) is 32.1 Å². The van der Waals surface area contributed by atoms with Crippen LogP contribution in [0.5, 0.6) is 5.75 Å². The molecule has 1 heterocycles. The minimum atomic E-state index is 0. The number of aliphatic imine (C=N–C) groups is 1. The Morgan fingerprint density at radius 2 is 2.00 bits per heavy atom. The van der Waals surface area contributed by atoms with Crippen LogP contribution in [-0.2, 0) is 17.8 Å². The molecule has 3 rings (SSSR count). The standard InChI is InChI=1S/C22H28N4O2.HI/c1-23-22(25-16-17-7-5-9-19(15-17)28-2)24-13-6-11-21(27)26-14-12-18-8-3-4-10-20(18)26;/h3-5,7-10,15H,6,11-14,16H2,1-2H3,(H2,23,24,25);1H. The fraction of sp³-hybridized carbons (Fsp3) is 0.364. The van der Waals surface area contributed by atoms with Crippen molar-refractivity contribution in [3.05, 3.63) is 59.7 Å². The van der Waals surface area contributed by atoms with Gasteiger partial charge >= 0.3 is 0 Å². The van der Waals surface area contributed by atoms with Gasteiger partial charge in [-0.05, 0) is 42.2 Å². The average molecular weight is 508 g/mol. The van der Waals surface area contributed by atoms with Crippen LogP contribution >= 0.6 is 24.0 Å². The summed E-state index contributed by atoms with van der Waals surface area (Å²) in [7, 11) is 3.41. The molecule has 0 saturated heterocycles.